The van der Waals surface area contributed by atoms with Crippen LogP contribution >= 0.6 is 0 Å². The molecule has 0 fully saturated rings. The number of carbonyl (C=O) groups is 1. The molecule has 1 aromatic rings. The minimum absolute atomic E-state index is 0.713. The third kappa shape index (κ3) is 1.36. The first kappa shape index (κ1) is 8.77. The number of benzene rings is 1. The number of hydrazine groups is 2. The highest BCUT2D eigenvalue weighted by Crippen LogP contribution is 2.21. The standard InChI is InChI=1S/C10H11N3O/c1-8-9(7-14)3-2-4-10(8)13-6-5-11-12-13/h2-7,11-12H,1H3. The summed E-state index contributed by atoms with van der Waals surface area (Å²) in [6, 6.07) is 5.62. The SMILES string of the molecule is Cc1c(C=O)cccc1N1C=CNN1. The summed E-state index contributed by atoms with van der Waals surface area (Å²) in [4.78, 5) is 10.7. The van der Waals surface area contributed by atoms with Crippen LogP contribution in [0.5, 0.6) is 0 Å². The molecule has 4 heteroatoms. The second kappa shape index (κ2) is 3.51. The van der Waals surface area contributed by atoms with E-state index in [2.05, 4.69) is 11.0 Å². The van der Waals surface area contributed by atoms with Gasteiger partial charge < -0.3 is 5.43 Å². The fourth-order valence-electron chi connectivity index (χ4n) is 1.43. The summed E-state index contributed by atoms with van der Waals surface area (Å²) in [5.74, 6) is 0. The minimum atomic E-state index is 0.713. The van der Waals surface area contributed by atoms with Gasteiger partial charge in [0.05, 0.1) is 5.69 Å². The molecule has 0 spiro atoms. The van der Waals surface area contributed by atoms with E-state index in [1.165, 1.54) is 0 Å². The predicted molar refractivity (Wildman–Crippen MR) is 54.5 cm³/mol. The molecule has 72 valence electrons. The fraction of sp³-hybridized carbons (Fsp3) is 0.100. The summed E-state index contributed by atoms with van der Waals surface area (Å²) < 4.78 is 0. The highest BCUT2D eigenvalue weighted by atomic mass is 16.1. The molecule has 0 aromatic heterocycles. The van der Waals surface area contributed by atoms with E-state index in [1.54, 1.807) is 12.3 Å². The van der Waals surface area contributed by atoms with Gasteiger partial charge in [-0.05, 0) is 18.6 Å². The largest absolute Gasteiger partial charge is 0.309 e. The Hall–Kier alpha value is -1.81. The van der Waals surface area contributed by atoms with Crippen molar-refractivity contribution in [1.82, 2.24) is 11.0 Å². The molecule has 0 atom stereocenters. The molecule has 1 aliphatic heterocycles. The zero-order valence-electron chi connectivity index (χ0n) is 7.82. The van der Waals surface area contributed by atoms with Crippen LogP contribution in [0.2, 0.25) is 0 Å². The normalized spacial score (nSPS) is 14.2. The number of nitrogens with zero attached hydrogens (tertiary/aromatic N) is 1. The minimum Gasteiger partial charge on any atom is -0.309 e. The van der Waals surface area contributed by atoms with Gasteiger partial charge in [0.25, 0.3) is 0 Å². The Morgan fingerprint density at radius 1 is 1.43 bits per heavy atom. The molecule has 4 nitrogen and oxygen atoms in total. The maximum Gasteiger partial charge on any atom is 0.150 e. The van der Waals surface area contributed by atoms with Crippen LogP contribution in [0.25, 0.3) is 0 Å². The lowest BCUT2D eigenvalue weighted by molar-refractivity contribution is 0.112. The molecule has 2 rings (SSSR count). The van der Waals surface area contributed by atoms with Crippen LogP contribution < -0.4 is 16.0 Å². The topological polar surface area (TPSA) is 44.4 Å². The quantitative estimate of drug-likeness (QED) is 0.684. The Balaban J connectivity index is 2.42. The van der Waals surface area contributed by atoms with Crippen LogP contribution in [0, 0.1) is 6.92 Å². The van der Waals surface area contributed by atoms with E-state index in [4.69, 9.17) is 0 Å². The van der Waals surface area contributed by atoms with Crippen molar-refractivity contribution in [3.05, 3.63) is 41.7 Å². The molecule has 0 bridgehead atoms. The van der Waals surface area contributed by atoms with Crippen molar-refractivity contribution in [3.8, 4) is 0 Å². The summed E-state index contributed by atoms with van der Waals surface area (Å²) in [5, 5.41) is 1.82. The van der Waals surface area contributed by atoms with Gasteiger partial charge in [-0.25, -0.2) is 0 Å². The molecular formula is C10H11N3O. The van der Waals surface area contributed by atoms with Crippen molar-refractivity contribution in [3.63, 3.8) is 0 Å². The van der Waals surface area contributed by atoms with E-state index in [9.17, 15) is 4.79 Å². The number of hydrogen-bond acceptors (Lipinski definition) is 4. The van der Waals surface area contributed by atoms with Gasteiger partial charge in [0.15, 0.2) is 0 Å². The molecule has 0 amide bonds. The van der Waals surface area contributed by atoms with Gasteiger partial charge in [-0.3, -0.25) is 9.80 Å². The Bertz CT molecular complexity index is 387. The van der Waals surface area contributed by atoms with Gasteiger partial charge >= 0.3 is 0 Å². The zero-order valence-corrected chi connectivity index (χ0v) is 7.82. The summed E-state index contributed by atoms with van der Waals surface area (Å²) in [6.45, 7) is 1.92. The molecule has 1 aliphatic rings. The van der Waals surface area contributed by atoms with Gasteiger partial charge in [0.1, 0.15) is 6.29 Å². The van der Waals surface area contributed by atoms with Crippen LogP contribution in [0.15, 0.2) is 30.6 Å². The monoisotopic (exact) mass is 189 g/mol. The molecule has 1 heterocycles. The lowest BCUT2D eigenvalue weighted by Gasteiger charge is -2.18. The molecule has 0 radical (unpaired) electrons. The number of carbonyl (C=O) groups excluding carboxylic acids is 1. The van der Waals surface area contributed by atoms with Crippen molar-refractivity contribution in [2.75, 3.05) is 5.01 Å². The predicted octanol–water partition coefficient (Wildman–Crippen LogP) is 1.11. The third-order valence-corrected chi connectivity index (χ3v) is 2.23. The number of anilines is 1. The van der Waals surface area contributed by atoms with Crippen LogP contribution in [-0.4, -0.2) is 6.29 Å². The summed E-state index contributed by atoms with van der Waals surface area (Å²) in [7, 11) is 0. The van der Waals surface area contributed by atoms with Crippen molar-refractivity contribution in [1.29, 1.82) is 0 Å². The fourth-order valence-corrected chi connectivity index (χ4v) is 1.43. The van der Waals surface area contributed by atoms with Crippen LogP contribution in [0.4, 0.5) is 5.69 Å². The highest BCUT2D eigenvalue weighted by molar-refractivity contribution is 5.80. The molecule has 1 aromatic carbocycles. The van der Waals surface area contributed by atoms with E-state index in [0.717, 1.165) is 17.5 Å². The Labute approximate surface area is 82.2 Å². The maximum atomic E-state index is 10.7. The van der Waals surface area contributed by atoms with Gasteiger partial charge in [0.2, 0.25) is 0 Å². The summed E-state index contributed by atoms with van der Waals surface area (Å²) in [5.41, 5.74) is 8.41. The molecular weight excluding hydrogens is 178 g/mol. The number of nitrogens with one attached hydrogen (secondary N) is 2. The lowest BCUT2D eigenvalue weighted by Crippen LogP contribution is -2.35. The van der Waals surface area contributed by atoms with Crippen molar-refractivity contribution in [2.45, 2.75) is 6.92 Å². The van der Waals surface area contributed by atoms with E-state index in [-0.39, 0.29) is 0 Å². The first-order valence-electron chi connectivity index (χ1n) is 4.35. The van der Waals surface area contributed by atoms with Crippen LogP contribution in [-0.2, 0) is 0 Å². The van der Waals surface area contributed by atoms with Crippen LogP contribution in [0.3, 0.4) is 0 Å². The van der Waals surface area contributed by atoms with Gasteiger partial charge in [0, 0.05) is 18.0 Å². The molecule has 0 saturated carbocycles. The molecule has 0 aliphatic carbocycles. The van der Waals surface area contributed by atoms with E-state index >= 15 is 0 Å². The van der Waals surface area contributed by atoms with Gasteiger partial charge in [-0.2, -0.15) is 0 Å². The van der Waals surface area contributed by atoms with Crippen molar-refractivity contribution in [2.24, 2.45) is 0 Å². The third-order valence-electron chi connectivity index (χ3n) is 2.23. The van der Waals surface area contributed by atoms with Crippen molar-refractivity contribution >= 4 is 12.0 Å². The summed E-state index contributed by atoms with van der Waals surface area (Å²) in [6.07, 6.45) is 4.51. The summed E-state index contributed by atoms with van der Waals surface area (Å²) >= 11 is 0. The maximum absolute atomic E-state index is 10.7. The Morgan fingerprint density at radius 2 is 2.29 bits per heavy atom. The highest BCUT2D eigenvalue weighted by Gasteiger charge is 2.10. The number of hydrogen-bond donors (Lipinski definition) is 2. The molecule has 2 N–H and O–H groups in total. The average molecular weight is 189 g/mol. The van der Waals surface area contributed by atoms with E-state index in [0.29, 0.717) is 5.56 Å². The first-order valence-corrected chi connectivity index (χ1v) is 4.35. The van der Waals surface area contributed by atoms with E-state index < -0.39 is 0 Å². The Kier molecular flexibility index (Phi) is 2.20. The lowest BCUT2D eigenvalue weighted by atomic mass is 10.1. The second-order valence-electron chi connectivity index (χ2n) is 3.05. The molecule has 14 heavy (non-hydrogen) atoms. The second-order valence-corrected chi connectivity index (χ2v) is 3.05. The number of rotatable bonds is 2. The average Bonchev–Trinajstić information content (AvgIpc) is 2.71. The van der Waals surface area contributed by atoms with Gasteiger partial charge in [-0.15, -0.1) is 5.53 Å². The van der Waals surface area contributed by atoms with Crippen molar-refractivity contribution < 1.29 is 4.79 Å². The zero-order chi connectivity index (χ0) is 9.97. The van der Waals surface area contributed by atoms with E-state index in [1.807, 2.05) is 30.3 Å². The smallest absolute Gasteiger partial charge is 0.150 e. The first-order chi connectivity index (χ1) is 6.83. The van der Waals surface area contributed by atoms with Crippen LogP contribution in [0.1, 0.15) is 15.9 Å². The Morgan fingerprint density at radius 3 is 2.93 bits per heavy atom. The number of aldehydes is 1. The molecule has 0 unspecified atom stereocenters. The van der Waals surface area contributed by atoms with Gasteiger partial charge in [-0.1, -0.05) is 12.1 Å². The molecule has 0 saturated heterocycles.